The lowest BCUT2D eigenvalue weighted by Crippen LogP contribution is -2.46. The van der Waals surface area contributed by atoms with E-state index < -0.39 is 11.0 Å². The maximum absolute atomic E-state index is 12.1. The van der Waals surface area contributed by atoms with Crippen LogP contribution in [0.4, 0.5) is 0 Å². The molecule has 0 aromatic carbocycles. The van der Waals surface area contributed by atoms with Crippen LogP contribution in [-0.4, -0.2) is 30.8 Å². The average Bonchev–Trinajstić information content (AvgIpc) is 2.70. The molecule has 5 nitrogen and oxygen atoms in total. The van der Waals surface area contributed by atoms with Crippen molar-refractivity contribution in [1.29, 1.82) is 5.26 Å². The Labute approximate surface area is 112 Å². The number of nitrogens with zero attached hydrogens (tertiary/aromatic N) is 2. The molecule has 0 aromatic rings. The number of hydrogen-bond acceptors (Lipinski definition) is 5. The third kappa shape index (κ3) is 1.89. The summed E-state index contributed by atoms with van der Waals surface area (Å²) < 4.78 is 5.85. The summed E-state index contributed by atoms with van der Waals surface area (Å²) in [4.78, 5) is 16.4. The second-order valence-corrected chi connectivity index (χ2v) is 5.50. The van der Waals surface area contributed by atoms with Crippen LogP contribution in [-0.2, 0) is 9.53 Å². The number of Topliss-reactive ketones (excluding diaryl/α,β-unsaturated/α-hetero) is 1. The molecule has 0 bridgehead atoms. The summed E-state index contributed by atoms with van der Waals surface area (Å²) in [5, 5.41) is 9.15. The molecule has 0 saturated carbocycles. The SMILES string of the molecule is CN=C1C(=CN)COC12C=C(C#N)C(=O)C(C)(C)C2. The molecule has 5 heteroatoms. The van der Waals surface area contributed by atoms with Gasteiger partial charge in [-0.2, -0.15) is 5.26 Å². The summed E-state index contributed by atoms with van der Waals surface area (Å²) in [5.74, 6) is -0.148. The lowest BCUT2D eigenvalue weighted by molar-refractivity contribution is -0.126. The topological polar surface area (TPSA) is 88.5 Å². The predicted molar refractivity (Wildman–Crippen MR) is 71.4 cm³/mol. The summed E-state index contributed by atoms with van der Waals surface area (Å²) in [6.07, 6.45) is 3.54. The number of ketones is 1. The van der Waals surface area contributed by atoms with E-state index in [9.17, 15) is 4.79 Å². The Bertz CT molecular complexity index is 564. The average molecular weight is 259 g/mol. The minimum atomic E-state index is -0.803. The molecule has 100 valence electrons. The zero-order valence-corrected chi connectivity index (χ0v) is 11.4. The molecule has 1 atom stereocenters. The third-order valence-corrected chi connectivity index (χ3v) is 3.68. The van der Waals surface area contributed by atoms with Gasteiger partial charge in [-0.25, -0.2) is 0 Å². The van der Waals surface area contributed by atoms with E-state index in [2.05, 4.69) is 4.99 Å². The van der Waals surface area contributed by atoms with Gasteiger partial charge in [0, 0.05) is 24.2 Å². The second-order valence-electron chi connectivity index (χ2n) is 5.50. The van der Waals surface area contributed by atoms with Crippen molar-refractivity contribution in [3.63, 3.8) is 0 Å². The number of carbonyl (C=O) groups is 1. The van der Waals surface area contributed by atoms with Gasteiger partial charge in [-0.15, -0.1) is 0 Å². The molecule has 2 aliphatic rings. The van der Waals surface area contributed by atoms with Crippen LogP contribution in [0.1, 0.15) is 20.3 Å². The summed E-state index contributed by atoms with van der Waals surface area (Å²) in [6, 6.07) is 1.96. The second kappa shape index (κ2) is 4.32. The van der Waals surface area contributed by atoms with Crippen molar-refractivity contribution in [2.45, 2.75) is 25.9 Å². The van der Waals surface area contributed by atoms with E-state index in [4.69, 9.17) is 15.7 Å². The van der Waals surface area contributed by atoms with Gasteiger partial charge < -0.3 is 10.5 Å². The monoisotopic (exact) mass is 259 g/mol. The fourth-order valence-corrected chi connectivity index (χ4v) is 2.85. The largest absolute Gasteiger partial charge is 0.404 e. The highest BCUT2D eigenvalue weighted by Crippen LogP contribution is 2.44. The molecule has 2 N–H and O–H groups in total. The van der Waals surface area contributed by atoms with Crippen molar-refractivity contribution in [3.8, 4) is 6.07 Å². The first kappa shape index (κ1) is 13.5. The van der Waals surface area contributed by atoms with Gasteiger partial charge in [0.25, 0.3) is 0 Å². The molecule has 0 radical (unpaired) electrons. The van der Waals surface area contributed by atoms with Gasteiger partial charge >= 0.3 is 0 Å². The fourth-order valence-electron chi connectivity index (χ4n) is 2.85. The number of nitriles is 1. The smallest absolute Gasteiger partial charge is 0.178 e. The highest BCUT2D eigenvalue weighted by Gasteiger charge is 2.52. The van der Waals surface area contributed by atoms with Gasteiger partial charge in [-0.05, 0) is 12.5 Å². The van der Waals surface area contributed by atoms with E-state index in [1.54, 1.807) is 13.1 Å². The van der Waals surface area contributed by atoms with E-state index >= 15 is 0 Å². The van der Waals surface area contributed by atoms with Gasteiger partial charge in [0.05, 0.1) is 17.9 Å². The standard InChI is InChI=1S/C14H17N3O2/c1-13(2)8-14(4-9(5-15)12(13)18)11(17-3)10(6-16)7-19-14/h4,6H,7-8,16H2,1-3H3. The third-order valence-electron chi connectivity index (χ3n) is 3.68. The minimum Gasteiger partial charge on any atom is -0.404 e. The Hall–Kier alpha value is -1.93. The highest BCUT2D eigenvalue weighted by atomic mass is 16.5. The number of rotatable bonds is 0. The van der Waals surface area contributed by atoms with Crippen LogP contribution in [0.25, 0.3) is 0 Å². The maximum atomic E-state index is 12.1. The van der Waals surface area contributed by atoms with Crippen molar-refractivity contribution in [2.75, 3.05) is 13.7 Å². The Morgan fingerprint density at radius 2 is 2.26 bits per heavy atom. The van der Waals surface area contributed by atoms with Crippen molar-refractivity contribution in [2.24, 2.45) is 16.1 Å². The molecule has 2 rings (SSSR count). The number of nitrogens with two attached hydrogens (primary N) is 1. The fraction of sp³-hybridized carbons (Fsp3) is 0.500. The Morgan fingerprint density at radius 3 is 2.79 bits per heavy atom. The van der Waals surface area contributed by atoms with Crippen LogP contribution in [0.2, 0.25) is 0 Å². The first-order valence-electron chi connectivity index (χ1n) is 6.10. The van der Waals surface area contributed by atoms with Crippen molar-refractivity contribution in [1.82, 2.24) is 0 Å². The first-order valence-corrected chi connectivity index (χ1v) is 6.10. The molecule has 1 unspecified atom stereocenters. The van der Waals surface area contributed by atoms with Crippen LogP contribution >= 0.6 is 0 Å². The normalized spacial score (nSPS) is 33.8. The zero-order chi connectivity index (χ0) is 14.3. The lowest BCUT2D eigenvalue weighted by Gasteiger charge is -2.37. The molecule has 19 heavy (non-hydrogen) atoms. The molecular formula is C14H17N3O2. The highest BCUT2D eigenvalue weighted by molar-refractivity contribution is 6.13. The van der Waals surface area contributed by atoms with Crippen LogP contribution in [0.15, 0.2) is 28.4 Å². The van der Waals surface area contributed by atoms with Crippen LogP contribution in [0.5, 0.6) is 0 Å². The van der Waals surface area contributed by atoms with Gasteiger partial charge in [0.2, 0.25) is 0 Å². The molecule has 1 spiro atoms. The summed E-state index contributed by atoms with van der Waals surface area (Å²) in [6.45, 7) is 3.99. The minimum absolute atomic E-state index is 0.135. The molecule has 1 aliphatic carbocycles. The Balaban J connectivity index is 2.61. The summed E-state index contributed by atoms with van der Waals surface area (Å²) >= 11 is 0. The van der Waals surface area contributed by atoms with E-state index in [1.165, 1.54) is 6.20 Å². The maximum Gasteiger partial charge on any atom is 0.178 e. The molecule has 1 fully saturated rings. The van der Waals surface area contributed by atoms with E-state index in [0.29, 0.717) is 18.7 Å². The first-order chi connectivity index (χ1) is 8.90. The quantitative estimate of drug-likeness (QED) is 0.706. The number of aliphatic imine (C=N–C) groups is 1. The van der Waals surface area contributed by atoms with Gasteiger partial charge in [-0.3, -0.25) is 9.79 Å². The van der Waals surface area contributed by atoms with Crippen LogP contribution in [0.3, 0.4) is 0 Å². The molecular weight excluding hydrogens is 242 g/mol. The van der Waals surface area contributed by atoms with Crippen molar-refractivity contribution >= 4 is 11.5 Å². The van der Waals surface area contributed by atoms with Crippen LogP contribution in [0, 0.1) is 16.7 Å². The molecule has 0 amide bonds. The molecule has 1 saturated heterocycles. The number of hydrogen-bond donors (Lipinski definition) is 1. The van der Waals surface area contributed by atoms with Crippen LogP contribution < -0.4 is 5.73 Å². The van der Waals surface area contributed by atoms with E-state index in [0.717, 1.165) is 5.57 Å². The van der Waals surface area contributed by atoms with Gasteiger partial charge in [0.1, 0.15) is 11.7 Å². The molecule has 0 aromatic heterocycles. The Morgan fingerprint density at radius 1 is 1.58 bits per heavy atom. The number of carbonyl (C=O) groups excluding carboxylic acids is 1. The van der Waals surface area contributed by atoms with Crippen molar-refractivity contribution in [3.05, 3.63) is 23.4 Å². The molecule has 1 heterocycles. The number of ether oxygens (including phenoxy) is 1. The van der Waals surface area contributed by atoms with E-state index in [-0.39, 0.29) is 11.4 Å². The zero-order valence-electron chi connectivity index (χ0n) is 11.4. The summed E-state index contributed by atoms with van der Waals surface area (Å²) in [5.41, 5.74) is 5.77. The number of allylic oxidation sites excluding steroid dienone is 1. The summed E-state index contributed by atoms with van der Waals surface area (Å²) in [7, 11) is 1.67. The van der Waals surface area contributed by atoms with Crippen molar-refractivity contribution < 1.29 is 9.53 Å². The van der Waals surface area contributed by atoms with Gasteiger partial charge in [-0.1, -0.05) is 13.8 Å². The lowest BCUT2D eigenvalue weighted by atomic mass is 9.68. The van der Waals surface area contributed by atoms with E-state index in [1.807, 2.05) is 19.9 Å². The predicted octanol–water partition coefficient (Wildman–Crippen LogP) is 1.12. The molecule has 1 aliphatic heterocycles. The van der Waals surface area contributed by atoms with Gasteiger partial charge in [0.15, 0.2) is 5.78 Å². The Kier molecular flexibility index (Phi) is 3.07.